The summed E-state index contributed by atoms with van der Waals surface area (Å²) < 4.78 is 5.20. The number of hydrogen-bond acceptors (Lipinski definition) is 3. The first kappa shape index (κ1) is 23.2. The van der Waals surface area contributed by atoms with Gasteiger partial charge in [-0.3, -0.25) is 4.79 Å². The molecule has 2 aromatic rings. The SMILES string of the molecule is CCNC(=NCc1cccc(COC)c1)NC1CC(=O)N(c2ccccc2)C1.I. The lowest BCUT2D eigenvalue weighted by Gasteiger charge is -2.19. The minimum Gasteiger partial charge on any atom is -0.380 e. The predicted molar refractivity (Wildman–Crippen MR) is 128 cm³/mol. The Morgan fingerprint density at radius 2 is 1.93 bits per heavy atom. The molecule has 0 saturated carbocycles. The zero-order chi connectivity index (χ0) is 19.8. The fraction of sp³-hybridized carbons (Fsp3) is 0.364. The number of nitrogens with one attached hydrogen (secondary N) is 2. The highest BCUT2D eigenvalue weighted by Crippen LogP contribution is 2.21. The largest absolute Gasteiger partial charge is 0.380 e. The molecular weight excluding hydrogens is 479 g/mol. The van der Waals surface area contributed by atoms with Gasteiger partial charge in [0.15, 0.2) is 5.96 Å². The molecule has 7 heteroatoms. The predicted octanol–water partition coefficient (Wildman–Crippen LogP) is 3.31. The van der Waals surface area contributed by atoms with E-state index in [4.69, 9.17) is 9.73 Å². The molecule has 156 valence electrons. The first-order valence-electron chi connectivity index (χ1n) is 9.66. The molecule has 1 amide bonds. The second-order valence-corrected chi connectivity index (χ2v) is 6.83. The van der Waals surface area contributed by atoms with Crippen molar-refractivity contribution in [3.05, 3.63) is 65.7 Å². The Balaban J connectivity index is 0.00000300. The molecule has 6 nitrogen and oxygen atoms in total. The van der Waals surface area contributed by atoms with Crippen LogP contribution in [0.1, 0.15) is 24.5 Å². The maximum atomic E-state index is 12.4. The van der Waals surface area contributed by atoms with Gasteiger partial charge in [0.05, 0.1) is 19.2 Å². The lowest BCUT2D eigenvalue weighted by Crippen LogP contribution is -2.44. The molecule has 0 bridgehead atoms. The third-order valence-electron chi connectivity index (χ3n) is 4.60. The van der Waals surface area contributed by atoms with Gasteiger partial charge in [0, 0.05) is 32.3 Å². The number of ether oxygens (including phenoxy) is 1. The van der Waals surface area contributed by atoms with E-state index in [1.165, 1.54) is 0 Å². The monoisotopic (exact) mass is 508 g/mol. The Morgan fingerprint density at radius 3 is 2.66 bits per heavy atom. The molecule has 1 saturated heterocycles. The number of aliphatic imine (C=N–C) groups is 1. The smallest absolute Gasteiger partial charge is 0.229 e. The normalized spacial score (nSPS) is 16.5. The minimum atomic E-state index is 0. The number of halogens is 1. The van der Waals surface area contributed by atoms with Crippen LogP contribution < -0.4 is 15.5 Å². The van der Waals surface area contributed by atoms with Crippen molar-refractivity contribution in [1.29, 1.82) is 0 Å². The maximum absolute atomic E-state index is 12.4. The fourth-order valence-electron chi connectivity index (χ4n) is 3.33. The summed E-state index contributed by atoms with van der Waals surface area (Å²) in [5.41, 5.74) is 3.20. The number of benzene rings is 2. The minimum absolute atomic E-state index is 0. The number of carbonyl (C=O) groups is 1. The first-order valence-corrected chi connectivity index (χ1v) is 9.66. The van der Waals surface area contributed by atoms with Gasteiger partial charge in [0.2, 0.25) is 5.91 Å². The van der Waals surface area contributed by atoms with Gasteiger partial charge < -0.3 is 20.3 Å². The second kappa shape index (κ2) is 11.8. The van der Waals surface area contributed by atoms with E-state index < -0.39 is 0 Å². The van der Waals surface area contributed by atoms with Gasteiger partial charge in [-0.05, 0) is 30.2 Å². The molecule has 29 heavy (non-hydrogen) atoms. The average Bonchev–Trinajstić information content (AvgIpc) is 3.08. The van der Waals surface area contributed by atoms with Gasteiger partial charge >= 0.3 is 0 Å². The van der Waals surface area contributed by atoms with Crippen molar-refractivity contribution in [2.75, 3.05) is 25.1 Å². The Kier molecular flexibility index (Phi) is 9.40. The molecule has 0 spiro atoms. The van der Waals surface area contributed by atoms with Crippen molar-refractivity contribution in [3.63, 3.8) is 0 Å². The fourth-order valence-corrected chi connectivity index (χ4v) is 3.33. The van der Waals surface area contributed by atoms with Gasteiger partial charge in [-0.2, -0.15) is 0 Å². The summed E-state index contributed by atoms with van der Waals surface area (Å²) in [4.78, 5) is 18.9. The van der Waals surface area contributed by atoms with Crippen molar-refractivity contribution in [3.8, 4) is 0 Å². The van der Waals surface area contributed by atoms with Crippen molar-refractivity contribution >= 4 is 41.5 Å². The number of guanidine groups is 1. The molecule has 1 aliphatic rings. The highest BCUT2D eigenvalue weighted by Gasteiger charge is 2.31. The number of hydrogen-bond donors (Lipinski definition) is 2. The zero-order valence-electron chi connectivity index (χ0n) is 16.9. The van der Waals surface area contributed by atoms with Crippen LogP contribution in [0.2, 0.25) is 0 Å². The Morgan fingerprint density at radius 1 is 1.17 bits per heavy atom. The van der Waals surface area contributed by atoms with E-state index in [0.29, 0.717) is 26.1 Å². The van der Waals surface area contributed by atoms with E-state index in [0.717, 1.165) is 29.3 Å². The maximum Gasteiger partial charge on any atom is 0.229 e. The molecule has 0 radical (unpaired) electrons. The zero-order valence-corrected chi connectivity index (χ0v) is 19.3. The highest BCUT2D eigenvalue weighted by atomic mass is 127. The molecule has 1 aliphatic heterocycles. The van der Waals surface area contributed by atoms with Crippen molar-refractivity contribution in [2.24, 2.45) is 4.99 Å². The third-order valence-corrected chi connectivity index (χ3v) is 4.60. The van der Waals surface area contributed by atoms with Crippen LogP contribution in [0.3, 0.4) is 0 Å². The Bertz CT molecular complexity index is 813. The van der Waals surface area contributed by atoms with Crippen molar-refractivity contribution in [2.45, 2.75) is 32.5 Å². The highest BCUT2D eigenvalue weighted by molar-refractivity contribution is 14.0. The molecule has 2 N–H and O–H groups in total. The topological polar surface area (TPSA) is 66.0 Å². The van der Waals surface area contributed by atoms with Gasteiger partial charge in [-0.25, -0.2) is 4.99 Å². The number of rotatable bonds is 7. The Labute approximate surface area is 189 Å². The average molecular weight is 508 g/mol. The summed E-state index contributed by atoms with van der Waals surface area (Å²) in [6.45, 7) is 4.59. The molecule has 1 heterocycles. The summed E-state index contributed by atoms with van der Waals surface area (Å²) in [5, 5.41) is 6.68. The second-order valence-electron chi connectivity index (χ2n) is 6.83. The molecule has 1 atom stereocenters. The molecular formula is C22H29IN4O2. The third kappa shape index (κ3) is 6.71. The van der Waals surface area contributed by atoms with Crippen LogP contribution >= 0.6 is 24.0 Å². The van der Waals surface area contributed by atoms with E-state index in [2.05, 4.69) is 22.8 Å². The first-order chi connectivity index (χ1) is 13.7. The number of nitrogens with zero attached hydrogens (tertiary/aromatic N) is 2. The van der Waals surface area contributed by atoms with Gasteiger partial charge in [-0.15, -0.1) is 24.0 Å². The van der Waals surface area contributed by atoms with E-state index in [1.54, 1.807) is 7.11 Å². The quantitative estimate of drug-likeness (QED) is 0.342. The van der Waals surface area contributed by atoms with E-state index >= 15 is 0 Å². The van der Waals surface area contributed by atoms with E-state index in [1.807, 2.05) is 54.3 Å². The van der Waals surface area contributed by atoms with Crippen LogP contribution in [0.15, 0.2) is 59.6 Å². The summed E-state index contributed by atoms with van der Waals surface area (Å²) in [7, 11) is 1.69. The van der Waals surface area contributed by atoms with Crippen molar-refractivity contribution in [1.82, 2.24) is 10.6 Å². The summed E-state index contributed by atoms with van der Waals surface area (Å²) >= 11 is 0. The standard InChI is InChI=1S/C22H28N4O2.HI/c1-3-23-22(24-14-17-8-7-9-18(12-17)16-28-2)25-19-13-21(27)26(15-19)20-10-5-4-6-11-20;/h4-12,19H,3,13-16H2,1-2H3,(H2,23,24,25);1H. The number of anilines is 1. The van der Waals surface area contributed by atoms with Crippen LogP contribution in [0, 0.1) is 0 Å². The van der Waals surface area contributed by atoms with Gasteiger partial charge in [0.1, 0.15) is 0 Å². The van der Waals surface area contributed by atoms with E-state index in [-0.39, 0.29) is 35.9 Å². The summed E-state index contributed by atoms with van der Waals surface area (Å²) in [6.07, 6.45) is 0.461. The van der Waals surface area contributed by atoms with Crippen molar-refractivity contribution < 1.29 is 9.53 Å². The van der Waals surface area contributed by atoms with Crippen LogP contribution in [-0.2, 0) is 22.7 Å². The molecule has 0 aromatic heterocycles. The molecule has 1 unspecified atom stereocenters. The summed E-state index contributed by atoms with van der Waals surface area (Å²) in [5.74, 6) is 0.860. The number of carbonyl (C=O) groups excluding carboxylic acids is 1. The molecule has 1 fully saturated rings. The van der Waals surface area contributed by atoms with Crippen LogP contribution in [0.25, 0.3) is 0 Å². The van der Waals surface area contributed by atoms with Gasteiger partial charge in [-0.1, -0.05) is 42.5 Å². The summed E-state index contributed by atoms with van der Waals surface area (Å²) in [6, 6.07) is 18.0. The van der Waals surface area contributed by atoms with Crippen LogP contribution in [-0.4, -0.2) is 38.1 Å². The lowest BCUT2D eigenvalue weighted by molar-refractivity contribution is -0.117. The lowest BCUT2D eigenvalue weighted by atomic mass is 10.1. The number of amides is 1. The van der Waals surface area contributed by atoms with Gasteiger partial charge in [0.25, 0.3) is 0 Å². The molecule has 0 aliphatic carbocycles. The molecule has 2 aromatic carbocycles. The van der Waals surface area contributed by atoms with Crippen LogP contribution in [0.4, 0.5) is 5.69 Å². The molecule has 3 rings (SSSR count). The number of para-hydroxylation sites is 1. The van der Waals surface area contributed by atoms with Crippen LogP contribution in [0.5, 0.6) is 0 Å². The number of methoxy groups -OCH3 is 1. The Hall–Kier alpha value is -2.13. The van der Waals surface area contributed by atoms with E-state index in [9.17, 15) is 4.79 Å².